The fourth-order valence-electron chi connectivity index (χ4n) is 3.27. The van der Waals surface area contributed by atoms with Gasteiger partial charge in [-0.3, -0.25) is 4.79 Å². The van der Waals surface area contributed by atoms with Gasteiger partial charge in [0, 0.05) is 30.7 Å². The van der Waals surface area contributed by atoms with Crippen molar-refractivity contribution in [3.8, 4) is 11.3 Å². The lowest BCUT2D eigenvalue weighted by Gasteiger charge is -2.28. The quantitative estimate of drug-likeness (QED) is 0.788. The fraction of sp³-hybridized carbons (Fsp3) is 0.455. The summed E-state index contributed by atoms with van der Waals surface area (Å²) in [6.07, 6.45) is 2.25. The van der Waals surface area contributed by atoms with Crippen molar-refractivity contribution in [3.63, 3.8) is 0 Å². The Morgan fingerprint density at radius 3 is 2.63 bits per heavy atom. The predicted molar refractivity (Wildman–Crippen MR) is 111 cm³/mol. The zero-order chi connectivity index (χ0) is 19.3. The third kappa shape index (κ3) is 5.54. The van der Waals surface area contributed by atoms with Gasteiger partial charge < -0.3 is 15.5 Å². The summed E-state index contributed by atoms with van der Waals surface area (Å²) in [6.45, 7) is 9.15. The van der Waals surface area contributed by atoms with Crippen molar-refractivity contribution in [2.75, 3.05) is 31.5 Å². The van der Waals surface area contributed by atoms with Crippen LogP contribution >= 0.6 is 0 Å². The summed E-state index contributed by atoms with van der Waals surface area (Å²) >= 11 is 0. The van der Waals surface area contributed by atoms with Gasteiger partial charge in [-0.2, -0.15) is 0 Å². The zero-order valence-electron chi connectivity index (χ0n) is 16.6. The van der Waals surface area contributed by atoms with Crippen molar-refractivity contribution in [2.45, 2.75) is 39.2 Å². The van der Waals surface area contributed by atoms with E-state index in [9.17, 15) is 4.79 Å². The van der Waals surface area contributed by atoms with Gasteiger partial charge in [0.05, 0.1) is 12.2 Å². The Kier molecular flexibility index (Phi) is 6.11. The lowest BCUT2D eigenvalue weighted by Crippen LogP contribution is -2.49. The molecular weight excluding hydrogens is 336 g/mol. The van der Waals surface area contributed by atoms with Crippen LogP contribution in [0, 0.1) is 6.92 Å². The first-order valence-corrected chi connectivity index (χ1v) is 9.74. The van der Waals surface area contributed by atoms with Crippen LogP contribution in [0.25, 0.3) is 11.3 Å². The average molecular weight is 367 g/mol. The van der Waals surface area contributed by atoms with Gasteiger partial charge in [-0.25, -0.2) is 4.98 Å². The van der Waals surface area contributed by atoms with Crippen LogP contribution in [-0.2, 0) is 4.79 Å². The highest BCUT2D eigenvalue weighted by atomic mass is 16.2. The molecule has 144 valence electrons. The highest BCUT2D eigenvalue weighted by Gasteiger charge is 2.22. The SMILES string of the molecule is Cc1cccc(-c2cccc(NCC(C)(C)NCC(=O)N3CCCC3)n2)c1. The molecule has 0 atom stereocenters. The normalized spacial score (nSPS) is 14.4. The number of nitrogens with zero attached hydrogens (tertiary/aromatic N) is 2. The number of carbonyl (C=O) groups excluding carboxylic acids is 1. The minimum absolute atomic E-state index is 0.195. The summed E-state index contributed by atoms with van der Waals surface area (Å²) in [4.78, 5) is 18.9. The van der Waals surface area contributed by atoms with E-state index in [-0.39, 0.29) is 11.4 Å². The van der Waals surface area contributed by atoms with Crippen molar-refractivity contribution in [3.05, 3.63) is 48.0 Å². The van der Waals surface area contributed by atoms with Crippen LogP contribution in [0.1, 0.15) is 32.3 Å². The van der Waals surface area contributed by atoms with Gasteiger partial charge in [0.25, 0.3) is 0 Å². The maximum Gasteiger partial charge on any atom is 0.236 e. The van der Waals surface area contributed by atoms with Crippen molar-refractivity contribution in [1.82, 2.24) is 15.2 Å². The number of hydrogen-bond acceptors (Lipinski definition) is 4. The van der Waals surface area contributed by atoms with Gasteiger partial charge in [-0.05, 0) is 51.8 Å². The number of likely N-dealkylation sites (tertiary alicyclic amines) is 1. The van der Waals surface area contributed by atoms with E-state index in [1.807, 2.05) is 23.1 Å². The molecule has 0 radical (unpaired) electrons. The summed E-state index contributed by atoms with van der Waals surface area (Å²) in [7, 11) is 0. The van der Waals surface area contributed by atoms with E-state index in [0.29, 0.717) is 13.1 Å². The van der Waals surface area contributed by atoms with Gasteiger partial charge in [0.2, 0.25) is 5.91 Å². The molecule has 1 aromatic heterocycles. The van der Waals surface area contributed by atoms with Gasteiger partial charge in [0.1, 0.15) is 5.82 Å². The molecule has 0 bridgehead atoms. The molecule has 1 saturated heterocycles. The minimum Gasteiger partial charge on any atom is -0.368 e. The summed E-state index contributed by atoms with van der Waals surface area (Å²) in [5, 5.41) is 6.78. The third-order valence-corrected chi connectivity index (χ3v) is 4.95. The van der Waals surface area contributed by atoms with E-state index in [0.717, 1.165) is 43.0 Å². The summed E-state index contributed by atoms with van der Waals surface area (Å²) in [5.41, 5.74) is 3.09. The third-order valence-electron chi connectivity index (χ3n) is 4.95. The molecule has 27 heavy (non-hydrogen) atoms. The first-order chi connectivity index (χ1) is 12.9. The van der Waals surface area contributed by atoms with E-state index < -0.39 is 0 Å². The molecule has 2 heterocycles. The van der Waals surface area contributed by atoms with Crippen LogP contribution in [0.2, 0.25) is 0 Å². The van der Waals surface area contributed by atoms with Crippen LogP contribution in [0.15, 0.2) is 42.5 Å². The largest absolute Gasteiger partial charge is 0.368 e. The molecule has 0 spiro atoms. The summed E-state index contributed by atoms with van der Waals surface area (Å²) in [6, 6.07) is 14.4. The average Bonchev–Trinajstić information content (AvgIpc) is 3.20. The van der Waals surface area contributed by atoms with Gasteiger partial charge in [-0.15, -0.1) is 0 Å². The van der Waals surface area contributed by atoms with Crippen molar-refractivity contribution < 1.29 is 4.79 Å². The highest BCUT2D eigenvalue weighted by molar-refractivity contribution is 5.78. The molecule has 1 aromatic carbocycles. The standard InChI is InChI=1S/C22H30N4O/c1-17-8-6-9-18(14-17)19-10-7-11-20(25-19)23-16-22(2,3)24-15-21(27)26-12-4-5-13-26/h6-11,14,24H,4-5,12-13,15-16H2,1-3H3,(H,23,25). The molecule has 5 nitrogen and oxygen atoms in total. The Hall–Kier alpha value is -2.40. The fourth-order valence-corrected chi connectivity index (χ4v) is 3.27. The summed E-state index contributed by atoms with van der Waals surface area (Å²) in [5.74, 6) is 1.04. The van der Waals surface area contributed by atoms with Gasteiger partial charge >= 0.3 is 0 Å². The van der Waals surface area contributed by atoms with Gasteiger partial charge in [-0.1, -0.05) is 29.8 Å². The van der Waals surface area contributed by atoms with E-state index in [1.165, 1.54) is 5.56 Å². The molecule has 2 aromatic rings. The Labute approximate surface area is 162 Å². The first kappa shape index (κ1) is 19.4. The van der Waals surface area contributed by atoms with Crippen molar-refractivity contribution in [2.24, 2.45) is 0 Å². The maximum absolute atomic E-state index is 12.2. The Morgan fingerprint density at radius 2 is 1.89 bits per heavy atom. The zero-order valence-corrected chi connectivity index (χ0v) is 16.6. The minimum atomic E-state index is -0.212. The van der Waals surface area contributed by atoms with E-state index in [4.69, 9.17) is 4.98 Å². The number of carbonyl (C=O) groups is 1. The summed E-state index contributed by atoms with van der Waals surface area (Å²) < 4.78 is 0. The molecule has 1 amide bonds. The van der Waals surface area contributed by atoms with E-state index in [2.05, 4.69) is 55.7 Å². The Morgan fingerprint density at radius 1 is 1.15 bits per heavy atom. The second-order valence-electron chi connectivity index (χ2n) is 7.96. The second kappa shape index (κ2) is 8.53. The maximum atomic E-state index is 12.2. The number of benzene rings is 1. The molecule has 3 rings (SSSR count). The number of anilines is 1. The number of amides is 1. The van der Waals surface area contributed by atoms with Gasteiger partial charge in [0.15, 0.2) is 0 Å². The van der Waals surface area contributed by atoms with E-state index in [1.54, 1.807) is 0 Å². The number of pyridine rings is 1. The van der Waals surface area contributed by atoms with Crippen molar-refractivity contribution in [1.29, 1.82) is 0 Å². The molecular formula is C22H30N4O. The molecule has 5 heteroatoms. The molecule has 0 unspecified atom stereocenters. The first-order valence-electron chi connectivity index (χ1n) is 9.74. The Balaban J connectivity index is 1.55. The lowest BCUT2D eigenvalue weighted by molar-refractivity contribution is -0.129. The van der Waals surface area contributed by atoms with Crippen LogP contribution in [0.5, 0.6) is 0 Å². The number of hydrogen-bond donors (Lipinski definition) is 2. The van der Waals surface area contributed by atoms with E-state index >= 15 is 0 Å². The molecule has 1 fully saturated rings. The number of nitrogens with one attached hydrogen (secondary N) is 2. The second-order valence-corrected chi connectivity index (χ2v) is 7.96. The number of rotatable bonds is 7. The lowest BCUT2D eigenvalue weighted by atomic mass is 10.1. The predicted octanol–water partition coefficient (Wildman–Crippen LogP) is 3.46. The Bertz CT molecular complexity index is 781. The molecule has 2 N–H and O–H groups in total. The van der Waals surface area contributed by atoms with Crippen LogP contribution in [0.3, 0.4) is 0 Å². The monoisotopic (exact) mass is 366 g/mol. The van der Waals surface area contributed by atoms with Crippen LogP contribution < -0.4 is 10.6 Å². The molecule has 0 aliphatic carbocycles. The molecule has 1 aliphatic rings. The van der Waals surface area contributed by atoms with Crippen molar-refractivity contribution >= 4 is 11.7 Å². The van der Waals surface area contributed by atoms with Crippen LogP contribution in [0.4, 0.5) is 5.82 Å². The van der Waals surface area contributed by atoms with Crippen LogP contribution in [-0.4, -0.2) is 47.5 Å². The highest BCUT2D eigenvalue weighted by Crippen LogP contribution is 2.20. The topological polar surface area (TPSA) is 57.3 Å². The molecule has 0 saturated carbocycles. The smallest absolute Gasteiger partial charge is 0.236 e. The molecule has 1 aliphatic heterocycles. The number of aromatic nitrogens is 1. The number of aryl methyl sites for hydroxylation is 1.